The third-order valence-electron chi connectivity index (χ3n) is 2.74. The fourth-order valence-electron chi connectivity index (χ4n) is 1.80. The Morgan fingerprint density at radius 3 is 2.33 bits per heavy atom. The first-order valence-corrected chi connectivity index (χ1v) is 6.57. The van der Waals surface area contributed by atoms with Crippen molar-refractivity contribution in [3.05, 3.63) is 69.2 Å². The highest BCUT2D eigenvalue weighted by Gasteiger charge is 2.17. The van der Waals surface area contributed by atoms with E-state index in [1.54, 1.807) is 0 Å². The Labute approximate surface area is 118 Å². The molecule has 0 saturated carbocycles. The van der Waals surface area contributed by atoms with Crippen molar-refractivity contribution in [2.45, 2.75) is 12.3 Å². The molecule has 2 aromatic carbocycles. The van der Waals surface area contributed by atoms with E-state index in [1.165, 1.54) is 12.1 Å². The molecule has 0 amide bonds. The lowest BCUT2D eigenvalue weighted by atomic mass is 10.00. The Hall–Kier alpha value is -0.930. The number of benzene rings is 2. The predicted octanol–water partition coefficient (Wildman–Crippen LogP) is 5.36. The van der Waals surface area contributed by atoms with Gasteiger partial charge in [-0.15, -0.1) is 11.6 Å². The SMILES string of the molecule is Cc1cc(Br)ccc1C(Cl)c1ccc(F)cc1F. The van der Waals surface area contributed by atoms with Gasteiger partial charge in [0.25, 0.3) is 0 Å². The molecule has 0 fully saturated rings. The molecule has 0 aromatic heterocycles. The minimum Gasteiger partial charge on any atom is -0.207 e. The number of hydrogen-bond donors (Lipinski definition) is 0. The van der Waals surface area contributed by atoms with Crippen LogP contribution in [0.25, 0.3) is 0 Å². The molecule has 0 bridgehead atoms. The first-order valence-electron chi connectivity index (χ1n) is 5.34. The van der Waals surface area contributed by atoms with Gasteiger partial charge in [-0.3, -0.25) is 0 Å². The lowest BCUT2D eigenvalue weighted by Gasteiger charge is -2.14. The van der Waals surface area contributed by atoms with E-state index in [0.717, 1.165) is 21.7 Å². The lowest BCUT2D eigenvalue weighted by molar-refractivity contribution is 0.573. The largest absolute Gasteiger partial charge is 0.207 e. The molecule has 0 N–H and O–H groups in total. The molecule has 2 aromatic rings. The molecule has 1 unspecified atom stereocenters. The van der Waals surface area contributed by atoms with Gasteiger partial charge in [-0.25, -0.2) is 8.78 Å². The summed E-state index contributed by atoms with van der Waals surface area (Å²) in [6.45, 7) is 1.90. The van der Waals surface area contributed by atoms with Crippen LogP contribution in [0.15, 0.2) is 40.9 Å². The second-order valence-corrected chi connectivity index (χ2v) is 5.38. The van der Waals surface area contributed by atoms with Crippen LogP contribution in [-0.4, -0.2) is 0 Å². The summed E-state index contributed by atoms with van der Waals surface area (Å²) in [5, 5.41) is -0.626. The molecule has 0 aliphatic carbocycles. The molecule has 2 rings (SSSR count). The van der Waals surface area contributed by atoms with E-state index in [9.17, 15) is 8.78 Å². The van der Waals surface area contributed by atoms with Crippen molar-refractivity contribution in [1.29, 1.82) is 0 Å². The summed E-state index contributed by atoms with van der Waals surface area (Å²) in [5.74, 6) is -1.23. The second-order valence-electron chi connectivity index (χ2n) is 4.03. The van der Waals surface area contributed by atoms with Gasteiger partial charge in [0.15, 0.2) is 0 Å². The maximum Gasteiger partial charge on any atom is 0.131 e. The maximum atomic E-state index is 13.7. The number of rotatable bonds is 2. The van der Waals surface area contributed by atoms with E-state index in [0.29, 0.717) is 0 Å². The second kappa shape index (κ2) is 5.37. The van der Waals surface area contributed by atoms with Crippen LogP contribution < -0.4 is 0 Å². The smallest absolute Gasteiger partial charge is 0.131 e. The van der Waals surface area contributed by atoms with E-state index in [-0.39, 0.29) is 5.56 Å². The van der Waals surface area contributed by atoms with Crippen molar-refractivity contribution in [1.82, 2.24) is 0 Å². The molecule has 0 aliphatic rings. The fourth-order valence-corrected chi connectivity index (χ4v) is 2.70. The summed E-state index contributed by atoms with van der Waals surface area (Å²) in [6, 6.07) is 9.02. The van der Waals surface area contributed by atoms with Crippen LogP contribution in [0.4, 0.5) is 8.78 Å². The Balaban J connectivity index is 2.44. The molecule has 0 saturated heterocycles. The van der Waals surface area contributed by atoms with Crippen LogP contribution in [0.5, 0.6) is 0 Å². The van der Waals surface area contributed by atoms with Gasteiger partial charge in [-0.1, -0.05) is 28.1 Å². The van der Waals surface area contributed by atoms with Gasteiger partial charge < -0.3 is 0 Å². The first-order chi connectivity index (χ1) is 8.49. The summed E-state index contributed by atoms with van der Waals surface area (Å²) in [7, 11) is 0. The summed E-state index contributed by atoms with van der Waals surface area (Å²) >= 11 is 9.63. The maximum absolute atomic E-state index is 13.7. The predicted molar refractivity (Wildman–Crippen MR) is 72.9 cm³/mol. The summed E-state index contributed by atoms with van der Waals surface area (Å²) < 4.78 is 27.5. The Morgan fingerprint density at radius 2 is 1.72 bits per heavy atom. The number of hydrogen-bond acceptors (Lipinski definition) is 0. The van der Waals surface area contributed by atoms with Gasteiger partial charge in [0.2, 0.25) is 0 Å². The van der Waals surface area contributed by atoms with E-state index in [4.69, 9.17) is 11.6 Å². The average molecular weight is 332 g/mol. The van der Waals surface area contributed by atoms with Crippen molar-refractivity contribution in [2.75, 3.05) is 0 Å². The molecule has 0 heterocycles. The van der Waals surface area contributed by atoms with Crippen molar-refractivity contribution in [3.63, 3.8) is 0 Å². The minimum atomic E-state index is -0.627. The first kappa shape index (κ1) is 13.5. The van der Waals surface area contributed by atoms with Gasteiger partial charge in [0.1, 0.15) is 11.6 Å². The van der Waals surface area contributed by atoms with Crippen LogP contribution in [0.2, 0.25) is 0 Å². The highest BCUT2D eigenvalue weighted by Crippen LogP contribution is 2.33. The zero-order chi connectivity index (χ0) is 13.3. The summed E-state index contributed by atoms with van der Waals surface area (Å²) in [6.07, 6.45) is 0. The van der Waals surface area contributed by atoms with Gasteiger partial charge in [0, 0.05) is 16.1 Å². The van der Waals surface area contributed by atoms with Crippen molar-refractivity contribution in [2.24, 2.45) is 0 Å². The molecule has 0 radical (unpaired) electrons. The number of aryl methyl sites for hydroxylation is 1. The van der Waals surface area contributed by atoms with Crippen molar-refractivity contribution in [3.8, 4) is 0 Å². The zero-order valence-electron chi connectivity index (χ0n) is 9.55. The fraction of sp³-hybridized carbons (Fsp3) is 0.143. The molecule has 0 spiro atoms. The van der Waals surface area contributed by atoms with Crippen molar-refractivity contribution < 1.29 is 8.78 Å². The van der Waals surface area contributed by atoms with Crippen LogP contribution in [-0.2, 0) is 0 Å². The van der Waals surface area contributed by atoms with Crippen LogP contribution in [0.1, 0.15) is 22.1 Å². The monoisotopic (exact) mass is 330 g/mol. The van der Waals surface area contributed by atoms with Crippen LogP contribution in [0, 0.1) is 18.6 Å². The third-order valence-corrected chi connectivity index (χ3v) is 3.70. The summed E-state index contributed by atoms with van der Waals surface area (Å²) in [4.78, 5) is 0. The van der Waals surface area contributed by atoms with Crippen molar-refractivity contribution >= 4 is 27.5 Å². The lowest BCUT2D eigenvalue weighted by Crippen LogP contribution is -2.00. The topological polar surface area (TPSA) is 0 Å². The molecule has 1 atom stereocenters. The standard InChI is InChI=1S/C14H10BrClF2/c1-8-6-9(15)2-4-11(8)14(16)12-5-3-10(17)7-13(12)18/h2-7,14H,1H3. The molecular formula is C14H10BrClF2. The number of halogens is 4. The van der Waals surface area contributed by atoms with E-state index < -0.39 is 17.0 Å². The molecule has 94 valence electrons. The highest BCUT2D eigenvalue weighted by molar-refractivity contribution is 9.10. The van der Waals surface area contributed by atoms with Gasteiger partial charge >= 0.3 is 0 Å². The summed E-state index contributed by atoms with van der Waals surface area (Å²) in [5.41, 5.74) is 2.04. The zero-order valence-corrected chi connectivity index (χ0v) is 11.9. The molecule has 0 nitrogen and oxygen atoms in total. The quantitative estimate of drug-likeness (QED) is 0.650. The van der Waals surface area contributed by atoms with Crippen LogP contribution >= 0.6 is 27.5 Å². The third kappa shape index (κ3) is 2.73. The van der Waals surface area contributed by atoms with E-state index in [2.05, 4.69) is 15.9 Å². The average Bonchev–Trinajstić information content (AvgIpc) is 2.28. The van der Waals surface area contributed by atoms with Crippen LogP contribution in [0.3, 0.4) is 0 Å². The Kier molecular flexibility index (Phi) is 4.03. The molecule has 18 heavy (non-hydrogen) atoms. The highest BCUT2D eigenvalue weighted by atomic mass is 79.9. The molecular weight excluding hydrogens is 322 g/mol. The minimum absolute atomic E-state index is 0.281. The Bertz CT molecular complexity index is 533. The molecule has 4 heteroatoms. The normalized spacial score (nSPS) is 12.5. The number of alkyl halides is 1. The van der Waals surface area contributed by atoms with Gasteiger partial charge in [-0.05, 0) is 36.2 Å². The Morgan fingerprint density at radius 1 is 1.06 bits per heavy atom. The van der Waals surface area contributed by atoms with Gasteiger partial charge in [-0.2, -0.15) is 0 Å². The van der Waals surface area contributed by atoms with E-state index in [1.807, 2.05) is 25.1 Å². The van der Waals surface area contributed by atoms with Gasteiger partial charge in [0.05, 0.1) is 5.38 Å². The molecule has 0 aliphatic heterocycles. The van der Waals surface area contributed by atoms with E-state index >= 15 is 0 Å².